The summed E-state index contributed by atoms with van der Waals surface area (Å²) < 4.78 is 1.99. The van der Waals surface area contributed by atoms with Crippen molar-refractivity contribution >= 4 is 17.2 Å². The maximum atomic E-state index is 5.95. The average Bonchev–Trinajstić information content (AvgIpc) is 2.74. The molecule has 0 aliphatic heterocycles. The van der Waals surface area contributed by atoms with Gasteiger partial charge in [0.2, 0.25) is 0 Å². The maximum Gasteiger partial charge on any atom is 0.165 e. The highest BCUT2D eigenvalue weighted by Crippen LogP contribution is 2.39. The Balaban J connectivity index is 1.90. The van der Waals surface area contributed by atoms with Gasteiger partial charge >= 0.3 is 0 Å². The molecule has 4 rings (SSSR count). The van der Waals surface area contributed by atoms with Crippen LogP contribution in [-0.2, 0) is 6.42 Å². The first-order valence-corrected chi connectivity index (χ1v) is 6.58. The van der Waals surface area contributed by atoms with E-state index < -0.39 is 0 Å². The van der Waals surface area contributed by atoms with E-state index in [1.165, 1.54) is 11.1 Å². The second kappa shape index (κ2) is 3.78. The fourth-order valence-electron chi connectivity index (χ4n) is 2.79. The fourth-order valence-corrected chi connectivity index (χ4v) is 3.01. The molecule has 0 saturated carbocycles. The number of aromatic nitrogens is 4. The van der Waals surface area contributed by atoms with E-state index in [4.69, 9.17) is 11.6 Å². The molecule has 0 amide bonds. The minimum atomic E-state index is 0.313. The van der Waals surface area contributed by atoms with Crippen molar-refractivity contribution in [3.05, 3.63) is 58.3 Å². The first-order chi connectivity index (χ1) is 9.24. The number of fused-ring (bicyclic) bond motifs is 2. The predicted octanol–water partition coefficient (Wildman–Crippen LogP) is 2.77. The SMILES string of the molecule is Cc1nc(Cl)cc2nnc(C3Cc4ccccc43)n12. The van der Waals surface area contributed by atoms with Crippen molar-refractivity contribution in [2.24, 2.45) is 0 Å². The number of halogens is 1. The molecule has 2 heterocycles. The lowest BCUT2D eigenvalue weighted by Gasteiger charge is -2.28. The van der Waals surface area contributed by atoms with E-state index in [2.05, 4.69) is 39.4 Å². The minimum absolute atomic E-state index is 0.313. The molecule has 94 valence electrons. The molecule has 3 aromatic rings. The molecule has 1 atom stereocenters. The summed E-state index contributed by atoms with van der Waals surface area (Å²) in [6, 6.07) is 10.2. The van der Waals surface area contributed by atoms with E-state index in [9.17, 15) is 0 Å². The number of hydrogen-bond acceptors (Lipinski definition) is 3. The van der Waals surface area contributed by atoms with E-state index in [1.807, 2.05) is 11.3 Å². The quantitative estimate of drug-likeness (QED) is 0.639. The Morgan fingerprint density at radius 2 is 2.11 bits per heavy atom. The molecule has 1 aliphatic rings. The monoisotopic (exact) mass is 270 g/mol. The molecule has 0 radical (unpaired) electrons. The summed E-state index contributed by atoms with van der Waals surface area (Å²) in [6.45, 7) is 1.93. The van der Waals surface area contributed by atoms with Gasteiger partial charge in [0, 0.05) is 12.0 Å². The van der Waals surface area contributed by atoms with Gasteiger partial charge in [0.05, 0.1) is 0 Å². The van der Waals surface area contributed by atoms with Crippen LogP contribution in [0.5, 0.6) is 0 Å². The Kier molecular flexibility index (Phi) is 2.17. The van der Waals surface area contributed by atoms with Crippen molar-refractivity contribution in [3.63, 3.8) is 0 Å². The summed E-state index contributed by atoms with van der Waals surface area (Å²) in [6.07, 6.45) is 1.01. The van der Waals surface area contributed by atoms with Crippen molar-refractivity contribution in [1.29, 1.82) is 0 Å². The van der Waals surface area contributed by atoms with E-state index in [-0.39, 0.29) is 0 Å². The van der Waals surface area contributed by atoms with Crippen molar-refractivity contribution in [2.75, 3.05) is 0 Å². The number of benzene rings is 1. The average molecular weight is 271 g/mol. The van der Waals surface area contributed by atoms with Crippen LogP contribution in [0.25, 0.3) is 5.65 Å². The van der Waals surface area contributed by atoms with E-state index >= 15 is 0 Å². The van der Waals surface area contributed by atoms with Gasteiger partial charge in [-0.15, -0.1) is 10.2 Å². The van der Waals surface area contributed by atoms with Crippen LogP contribution in [0.1, 0.15) is 28.7 Å². The summed E-state index contributed by atoms with van der Waals surface area (Å²) in [5.74, 6) is 2.09. The number of nitrogens with zero attached hydrogens (tertiary/aromatic N) is 4. The Morgan fingerprint density at radius 3 is 2.95 bits per heavy atom. The summed E-state index contributed by atoms with van der Waals surface area (Å²) >= 11 is 5.95. The van der Waals surface area contributed by atoms with Crippen LogP contribution in [0.3, 0.4) is 0 Å². The molecule has 0 bridgehead atoms. The molecule has 0 spiro atoms. The molecule has 1 aromatic carbocycles. The van der Waals surface area contributed by atoms with Crippen LogP contribution in [0.15, 0.2) is 30.3 Å². The fraction of sp³-hybridized carbons (Fsp3) is 0.214. The lowest BCUT2D eigenvalue weighted by atomic mass is 9.77. The van der Waals surface area contributed by atoms with Crippen LogP contribution in [0.2, 0.25) is 5.15 Å². The third-order valence-electron chi connectivity index (χ3n) is 3.72. The zero-order valence-electron chi connectivity index (χ0n) is 10.3. The number of rotatable bonds is 1. The molecular weight excluding hydrogens is 260 g/mol. The molecule has 1 unspecified atom stereocenters. The van der Waals surface area contributed by atoms with Gasteiger partial charge in [-0.1, -0.05) is 35.9 Å². The summed E-state index contributed by atoms with van der Waals surface area (Å²) in [4.78, 5) is 4.28. The van der Waals surface area contributed by atoms with Gasteiger partial charge < -0.3 is 0 Å². The zero-order valence-corrected chi connectivity index (χ0v) is 11.1. The first-order valence-electron chi connectivity index (χ1n) is 6.20. The van der Waals surface area contributed by atoms with Gasteiger partial charge in [-0.25, -0.2) is 4.98 Å². The second-order valence-corrected chi connectivity index (χ2v) is 5.22. The number of hydrogen-bond donors (Lipinski definition) is 0. The first kappa shape index (κ1) is 10.9. The summed E-state index contributed by atoms with van der Waals surface area (Å²) in [7, 11) is 0. The van der Waals surface area contributed by atoms with Crippen LogP contribution in [0.4, 0.5) is 0 Å². The molecular formula is C14H11ClN4. The molecule has 0 saturated heterocycles. The van der Waals surface area contributed by atoms with Crippen molar-refractivity contribution in [2.45, 2.75) is 19.3 Å². The number of aryl methyl sites for hydroxylation is 1. The molecule has 2 aromatic heterocycles. The highest BCUT2D eigenvalue weighted by molar-refractivity contribution is 6.29. The third-order valence-corrected chi connectivity index (χ3v) is 3.91. The molecule has 0 fully saturated rings. The van der Waals surface area contributed by atoms with Gasteiger partial charge in [0.15, 0.2) is 5.65 Å². The van der Waals surface area contributed by atoms with Crippen LogP contribution in [0, 0.1) is 6.92 Å². The summed E-state index contributed by atoms with van der Waals surface area (Å²) in [5.41, 5.74) is 3.49. The predicted molar refractivity (Wildman–Crippen MR) is 72.5 cm³/mol. The standard InChI is InChI=1S/C14H11ClN4/c1-8-16-12(15)7-13-17-18-14(19(8)13)11-6-9-4-2-3-5-10(9)11/h2-5,7,11H,6H2,1H3. The second-order valence-electron chi connectivity index (χ2n) is 4.83. The topological polar surface area (TPSA) is 43.1 Å². The lowest BCUT2D eigenvalue weighted by molar-refractivity contribution is 0.645. The van der Waals surface area contributed by atoms with Gasteiger partial charge in [-0.3, -0.25) is 4.40 Å². The Labute approximate surface area is 115 Å². The van der Waals surface area contributed by atoms with E-state index in [0.29, 0.717) is 11.1 Å². The lowest BCUT2D eigenvalue weighted by Crippen LogP contribution is -2.21. The molecule has 0 N–H and O–H groups in total. The van der Waals surface area contributed by atoms with Gasteiger partial charge in [-0.05, 0) is 24.5 Å². The maximum absolute atomic E-state index is 5.95. The van der Waals surface area contributed by atoms with Gasteiger partial charge in [0.25, 0.3) is 0 Å². The van der Waals surface area contributed by atoms with Crippen molar-refractivity contribution < 1.29 is 0 Å². The molecule has 4 nitrogen and oxygen atoms in total. The minimum Gasteiger partial charge on any atom is -0.266 e. The zero-order chi connectivity index (χ0) is 13.0. The van der Waals surface area contributed by atoms with Crippen LogP contribution >= 0.6 is 11.6 Å². The van der Waals surface area contributed by atoms with Crippen molar-refractivity contribution in [1.82, 2.24) is 19.6 Å². The molecule has 19 heavy (non-hydrogen) atoms. The highest BCUT2D eigenvalue weighted by Gasteiger charge is 2.31. The van der Waals surface area contributed by atoms with E-state index in [1.54, 1.807) is 6.07 Å². The van der Waals surface area contributed by atoms with Crippen LogP contribution < -0.4 is 0 Å². The highest BCUT2D eigenvalue weighted by atomic mass is 35.5. The molecule has 5 heteroatoms. The third kappa shape index (κ3) is 1.50. The Hall–Kier alpha value is -1.94. The van der Waals surface area contributed by atoms with Crippen LogP contribution in [-0.4, -0.2) is 19.6 Å². The normalized spacial score (nSPS) is 17.3. The smallest absolute Gasteiger partial charge is 0.165 e. The largest absolute Gasteiger partial charge is 0.266 e. The Morgan fingerprint density at radius 1 is 1.26 bits per heavy atom. The van der Waals surface area contributed by atoms with Gasteiger partial charge in [0.1, 0.15) is 16.8 Å². The molecule has 1 aliphatic carbocycles. The van der Waals surface area contributed by atoms with Gasteiger partial charge in [-0.2, -0.15) is 0 Å². The van der Waals surface area contributed by atoms with Crippen molar-refractivity contribution in [3.8, 4) is 0 Å². The Bertz CT molecular complexity index is 793. The summed E-state index contributed by atoms with van der Waals surface area (Å²) in [5, 5.41) is 8.99. The van der Waals surface area contributed by atoms with E-state index in [0.717, 1.165) is 23.7 Å².